The second-order valence-corrected chi connectivity index (χ2v) is 5.58. The number of nitrogens with zero attached hydrogens (tertiary/aromatic N) is 2. The van der Waals surface area contributed by atoms with Crippen molar-refractivity contribution in [1.82, 2.24) is 10.3 Å². The van der Waals surface area contributed by atoms with Gasteiger partial charge in [-0.15, -0.1) is 0 Å². The Balaban J connectivity index is 1.87. The van der Waals surface area contributed by atoms with Crippen molar-refractivity contribution in [2.75, 3.05) is 32.1 Å². The quantitative estimate of drug-likeness (QED) is 0.758. The zero-order chi connectivity index (χ0) is 17.4. The van der Waals surface area contributed by atoms with Gasteiger partial charge in [0.05, 0.1) is 12.2 Å². The normalized spacial score (nSPS) is 10.3. The Kier molecular flexibility index (Phi) is 6.61. The fraction of sp³-hybridized carbons (Fsp3) is 0.368. The Hall–Kier alpha value is -2.56. The van der Waals surface area contributed by atoms with Gasteiger partial charge >= 0.3 is 0 Å². The summed E-state index contributed by atoms with van der Waals surface area (Å²) in [4.78, 5) is 18.2. The van der Waals surface area contributed by atoms with Crippen LogP contribution in [0.4, 0.5) is 5.82 Å². The van der Waals surface area contributed by atoms with Crippen molar-refractivity contribution in [3.8, 4) is 5.75 Å². The number of carbonyl (C=O) groups is 1. The summed E-state index contributed by atoms with van der Waals surface area (Å²) in [6.45, 7) is 3.51. The Bertz CT molecular complexity index is 673. The number of rotatable bonds is 8. The van der Waals surface area contributed by atoms with E-state index in [9.17, 15) is 4.79 Å². The van der Waals surface area contributed by atoms with Gasteiger partial charge in [-0.1, -0.05) is 19.1 Å². The van der Waals surface area contributed by atoms with Gasteiger partial charge in [-0.3, -0.25) is 4.79 Å². The number of aromatic nitrogens is 1. The molecule has 0 saturated heterocycles. The summed E-state index contributed by atoms with van der Waals surface area (Å²) in [5.41, 5.74) is 1.85. The van der Waals surface area contributed by atoms with Gasteiger partial charge in [0.25, 0.3) is 5.91 Å². The SMILES string of the molecule is CCc1cccc(OCCCN(C)c2ncccc2C(=O)NC)c1. The highest BCUT2D eigenvalue weighted by Crippen LogP contribution is 2.17. The summed E-state index contributed by atoms with van der Waals surface area (Å²) >= 11 is 0. The van der Waals surface area contributed by atoms with Crippen LogP contribution in [-0.2, 0) is 6.42 Å². The lowest BCUT2D eigenvalue weighted by molar-refractivity contribution is 0.0963. The lowest BCUT2D eigenvalue weighted by atomic mass is 10.2. The summed E-state index contributed by atoms with van der Waals surface area (Å²) in [7, 11) is 3.56. The van der Waals surface area contributed by atoms with Gasteiger partial charge in [-0.25, -0.2) is 4.98 Å². The van der Waals surface area contributed by atoms with Gasteiger partial charge in [-0.05, 0) is 42.7 Å². The molecule has 128 valence electrons. The minimum absolute atomic E-state index is 0.127. The van der Waals surface area contributed by atoms with E-state index in [1.54, 1.807) is 25.4 Å². The van der Waals surface area contributed by atoms with Crippen molar-refractivity contribution in [3.05, 3.63) is 53.7 Å². The maximum Gasteiger partial charge on any atom is 0.254 e. The summed E-state index contributed by atoms with van der Waals surface area (Å²) in [6.07, 6.45) is 3.55. The van der Waals surface area contributed by atoms with E-state index in [2.05, 4.69) is 29.4 Å². The molecule has 0 bridgehead atoms. The van der Waals surface area contributed by atoms with Gasteiger partial charge in [-0.2, -0.15) is 0 Å². The first-order valence-electron chi connectivity index (χ1n) is 8.25. The zero-order valence-electron chi connectivity index (χ0n) is 14.6. The Labute approximate surface area is 143 Å². The molecule has 0 saturated carbocycles. The average Bonchev–Trinajstić information content (AvgIpc) is 2.64. The standard InChI is InChI=1S/C19H25N3O2/c1-4-15-8-5-9-16(14-15)24-13-7-12-22(3)18-17(19(23)20-2)10-6-11-21-18/h5-6,8-11,14H,4,7,12-13H2,1-3H3,(H,20,23). The number of amides is 1. The highest BCUT2D eigenvalue weighted by atomic mass is 16.5. The molecule has 0 unspecified atom stereocenters. The summed E-state index contributed by atoms with van der Waals surface area (Å²) < 4.78 is 5.81. The van der Waals surface area contributed by atoms with E-state index in [1.165, 1.54) is 5.56 Å². The van der Waals surface area contributed by atoms with E-state index >= 15 is 0 Å². The third-order valence-electron chi connectivity index (χ3n) is 3.83. The smallest absolute Gasteiger partial charge is 0.254 e. The maximum absolute atomic E-state index is 11.9. The highest BCUT2D eigenvalue weighted by molar-refractivity contribution is 5.98. The van der Waals surface area contributed by atoms with Crippen molar-refractivity contribution >= 4 is 11.7 Å². The molecule has 0 aliphatic carbocycles. The van der Waals surface area contributed by atoms with Crippen LogP contribution in [0.5, 0.6) is 5.75 Å². The molecule has 0 fully saturated rings. The second-order valence-electron chi connectivity index (χ2n) is 5.58. The van der Waals surface area contributed by atoms with Gasteiger partial charge in [0.2, 0.25) is 0 Å². The molecule has 5 heteroatoms. The van der Waals surface area contributed by atoms with Gasteiger partial charge in [0.1, 0.15) is 11.6 Å². The Morgan fingerprint density at radius 3 is 2.88 bits per heavy atom. The van der Waals surface area contributed by atoms with Crippen LogP contribution in [0.1, 0.15) is 29.3 Å². The number of nitrogens with one attached hydrogen (secondary N) is 1. The van der Waals surface area contributed by atoms with Crippen LogP contribution in [0.3, 0.4) is 0 Å². The molecule has 1 aromatic heterocycles. The average molecular weight is 327 g/mol. The molecule has 0 spiro atoms. The van der Waals surface area contributed by atoms with Crippen LogP contribution < -0.4 is 15.0 Å². The van der Waals surface area contributed by atoms with E-state index in [0.29, 0.717) is 18.0 Å². The van der Waals surface area contributed by atoms with Crippen LogP contribution >= 0.6 is 0 Å². The predicted molar refractivity (Wildman–Crippen MR) is 96.8 cm³/mol. The second kappa shape index (κ2) is 8.91. The molecule has 1 amide bonds. The zero-order valence-corrected chi connectivity index (χ0v) is 14.6. The number of anilines is 1. The van der Waals surface area contributed by atoms with Crippen LogP contribution in [-0.4, -0.2) is 38.1 Å². The third kappa shape index (κ3) is 4.72. The van der Waals surface area contributed by atoms with Crippen molar-refractivity contribution in [2.24, 2.45) is 0 Å². The number of hydrogen-bond donors (Lipinski definition) is 1. The molecular formula is C19H25N3O2. The molecule has 2 aromatic rings. The van der Waals surface area contributed by atoms with E-state index < -0.39 is 0 Å². The summed E-state index contributed by atoms with van der Waals surface area (Å²) in [6, 6.07) is 11.7. The number of carbonyl (C=O) groups excluding carboxylic acids is 1. The molecule has 0 radical (unpaired) electrons. The van der Waals surface area contributed by atoms with Crippen LogP contribution in [0.15, 0.2) is 42.6 Å². The van der Waals surface area contributed by atoms with Crippen LogP contribution in [0, 0.1) is 0 Å². The molecule has 0 aliphatic heterocycles. The van der Waals surface area contributed by atoms with Crippen molar-refractivity contribution in [3.63, 3.8) is 0 Å². The molecule has 24 heavy (non-hydrogen) atoms. The summed E-state index contributed by atoms with van der Waals surface area (Å²) in [5.74, 6) is 1.46. The van der Waals surface area contributed by atoms with E-state index in [1.807, 2.05) is 24.1 Å². The Morgan fingerprint density at radius 1 is 1.29 bits per heavy atom. The van der Waals surface area contributed by atoms with Crippen molar-refractivity contribution < 1.29 is 9.53 Å². The van der Waals surface area contributed by atoms with E-state index in [4.69, 9.17) is 4.74 Å². The maximum atomic E-state index is 11.9. The molecule has 2 rings (SSSR count). The monoisotopic (exact) mass is 327 g/mol. The fourth-order valence-electron chi connectivity index (χ4n) is 2.47. The van der Waals surface area contributed by atoms with Crippen molar-refractivity contribution in [2.45, 2.75) is 19.8 Å². The van der Waals surface area contributed by atoms with Crippen LogP contribution in [0.2, 0.25) is 0 Å². The molecule has 1 aromatic carbocycles. The first-order valence-corrected chi connectivity index (χ1v) is 8.25. The topological polar surface area (TPSA) is 54.5 Å². The number of ether oxygens (including phenoxy) is 1. The van der Waals surface area contributed by atoms with Gasteiger partial charge in [0.15, 0.2) is 0 Å². The van der Waals surface area contributed by atoms with E-state index in [0.717, 1.165) is 25.1 Å². The van der Waals surface area contributed by atoms with Gasteiger partial charge in [0, 0.05) is 26.8 Å². The molecule has 5 nitrogen and oxygen atoms in total. The number of benzene rings is 1. The first-order chi connectivity index (χ1) is 11.7. The number of aryl methyl sites for hydroxylation is 1. The molecular weight excluding hydrogens is 302 g/mol. The fourth-order valence-corrected chi connectivity index (χ4v) is 2.47. The van der Waals surface area contributed by atoms with Gasteiger partial charge < -0.3 is 15.0 Å². The molecule has 1 heterocycles. The highest BCUT2D eigenvalue weighted by Gasteiger charge is 2.13. The first kappa shape index (κ1) is 17.8. The van der Waals surface area contributed by atoms with Crippen LogP contribution in [0.25, 0.3) is 0 Å². The molecule has 0 aliphatic rings. The van der Waals surface area contributed by atoms with E-state index in [-0.39, 0.29) is 5.91 Å². The molecule has 1 N–H and O–H groups in total. The minimum Gasteiger partial charge on any atom is -0.494 e. The predicted octanol–water partition coefficient (Wildman–Crippen LogP) is 2.91. The number of pyridine rings is 1. The molecule has 0 atom stereocenters. The summed E-state index contributed by atoms with van der Waals surface area (Å²) in [5, 5.41) is 2.65. The lowest BCUT2D eigenvalue weighted by Crippen LogP contribution is -2.26. The minimum atomic E-state index is -0.127. The number of hydrogen-bond acceptors (Lipinski definition) is 4. The Morgan fingerprint density at radius 2 is 2.12 bits per heavy atom. The lowest BCUT2D eigenvalue weighted by Gasteiger charge is -2.20. The largest absolute Gasteiger partial charge is 0.494 e. The third-order valence-corrected chi connectivity index (χ3v) is 3.83. The van der Waals surface area contributed by atoms with Crippen molar-refractivity contribution in [1.29, 1.82) is 0 Å².